The Morgan fingerprint density at radius 3 is 2.70 bits per heavy atom. The molecular formula is C13H12N2O3S2. The van der Waals surface area contributed by atoms with E-state index in [9.17, 15) is 8.42 Å². The highest BCUT2D eigenvalue weighted by Crippen LogP contribution is 2.25. The van der Waals surface area contributed by atoms with Crippen molar-refractivity contribution >= 4 is 27.0 Å². The van der Waals surface area contributed by atoms with Crippen LogP contribution in [0.2, 0.25) is 0 Å². The molecule has 1 heterocycles. The topological polar surface area (TPSA) is 82.3 Å². The molecule has 0 aliphatic carbocycles. The Balaban J connectivity index is 2.39. The minimum atomic E-state index is -3.29. The standard InChI is InChI=1S/C13H12N2O3S2/c1-20(16,17)10-5-2-4-9(8-10)18-13-11(12(14)19)6-3-7-15-13/h2-8H,1H3,(H2,14,19). The predicted molar refractivity (Wildman–Crippen MR) is 79.8 cm³/mol. The SMILES string of the molecule is CS(=O)(=O)c1cccc(Oc2ncccc2C(N)=S)c1. The van der Waals surface area contributed by atoms with Gasteiger partial charge >= 0.3 is 0 Å². The van der Waals surface area contributed by atoms with Crippen LogP contribution in [0.3, 0.4) is 0 Å². The number of nitrogens with two attached hydrogens (primary N) is 1. The summed E-state index contributed by atoms with van der Waals surface area (Å²) in [5.74, 6) is 0.592. The van der Waals surface area contributed by atoms with Crippen LogP contribution >= 0.6 is 12.2 Å². The van der Waals surface area contributed by atoms with Gasteiger partial charge in [-0.1, -0.05) is 18.3 Å². The van der Waals surface area contributed by atoms with E-state index in [0.29, 0.717) is 11.3 Å². The molecule has 7 heteroatoms. The highest BCUT2D eigenvalue weighted by atomic mass is 32.2. The molecule has 20 heavy (non-hydrogen) atoms. The summed E-state index contributed by atoms with van der Waals surface area (Å²) < 4.78 is 28.6. The number of pyridine rings is 1. The molecule has 0 amide bonds. The van der Waals surface area contributed by atoms with E-state index in [2.05, 4.69) is 4.98 Å². The summed E-state index contributed by atoms with van der Waals surface area (Å²) in [6, 6.07) is 9.52. The average molecular weight is 308 g/mol. The molecule has 0 spiro atoms. The molecule has 0 atom stereocenters. The molecule has 104 valence electrons. The Kier molecular flexibility index (Phi) is 4.01. The van der Waals surface area contributed by atoms with E-state index in [1.807, 2.05) is 0 Å². The zero-order valence-electron chi connectivity index (χ0n) is 10.6. The van der Waals surface area contributed by atoms with Crippen LogP contribution in [0.15, 0.2) is 47.5 Å². The van der Waals surface area contributed by atoms with Crippen LogP contribution in [0.5, 0.6) is 11.6 Å². The summed E-state index contributed by atoms with van der Waals surface area (Å²) >= 11 is 4.91. The molecule has 2 aromatic rings. The van der Waals surface area contributed by atoms with Gasteiger partial charge in [0, 0.05) is 12.5 Å². The van der Waals surface area contributed by atoms with Crippen LogP contribution in [-0.4, -0.2) is 24.6 Å². The fraction of sp³-hybridized carbons (Fsp3) is 0.0769. The van der Waals surface area contributed by atoms with E-state index in [-0.39, 0.29) is 15.8 Å². The van der Waals surface area contributed by atoms with E-state index in [1.54, 1.807) is 24.3 Å². The quantitative estimate of drug-likeness (QED) is 0.869. The smallest absolute Gasteiger partial charge is 0.229 e. The minimum Gasteiger partial charge on any atom is -0.438 e. The molecule has 0 aliphatic heterocycles. The third-order valence-corrected chi connectivity index (χ3v) is 3.81. The molecular weight excluding hydrogens is 296 g/mol. The first kappa shape index (κ1) is 14.4. The van der Waals surface area contributed by atoms with Gasteiger partial charge in [-0.2, -0.15) is 0 Å². The second-order valence-electron chi connectivity index (χ2n) is 4.07. The monoisotopic (exact) mass is 308 g/mol. The molecule has 0 bridgehead atoms. The maximum Gasteiger partial charge on any atom is 0.229 e. The van der Waals surface area contributed by atoms with Crippen LogP contribution < -0.4 is 10.5 Å². The van der Waals surface area contributed by atoms with Crippen molar-refractivity contribution in [2.45, 2.75) is 4.90 Å². The van der Waals surface area contributed by atoms with Crippen LogP contribution in [0.1, 0.15) is 5.56 Å². The zero-order chi connectivity index (χ0) is 14.8. The number of rotatable bonds is 4. The average Bonchev–Trinajstić information content (AvgIpc) is 2.38. The van der Waals surface area contributed by atoms with Gasteiger partial charge in [-0.25, -0.2) is 13.4 Å². The summed E-state index contributed by atoms with van der Waals surface area (Å²) in [7, 11) is -3.29. The second-order valence-corrected chi connectivity index (χ2v) is 6.53. The van der Waals surface area contributed by atoms with Gasteiger partial charge < -0.3 is 10.5 Å². The molecule has 2 N–H and O–H groups in total. The highest BCUT2D eigenvalue weighted by molar-refractivity contribution is 7.90. The van der Waals surface area contributed by atoms with Crippen LogP contribution in [-0.2, 0) is 9.84 Å². The number of benzene rings is 1. The number of hydrogen-bond acceptors (Lipinski definition) is 5. The fourth-order valence-corrected chi connectivity index (χ4v) is 2.35. The van der Waals surface area contributed by atoms with Crippen LogP contribution in [0.4, 0.5) is 0 Å². The number of ether oxygens (including phenoxy) is 1. The first-order valence-electron chi connectivity index (χ1n) is 5.61. The third kappa shape index (κ3) is 3.31. The van der Waals surface area contributed by atoms with Crippen molar-refractivity contribution in [1.29, 1.82) is 0 Å². The molecule has 0 unspecified atom stereocenters. The molecule has 2 rings (SSSR count). The zero-order valence-corrected chi connectivity index (χ0v) is 12.2. The molecule has 0 aliphatic rings. The molecule has 1 aromatic heterocycles. The summed E-state index contributed by atoms with van der Waals surface area (Å²) in [6.07, 6.45) is 2.67. The van der Waals surface area contributed by atoms with Crippen molar-refractivity contribution < 1.29 is 13.2 Å². The van der Waals surface area contributed by atoms with Gasteiger partial charge in [-0.3, -0.25) is 0 Å². The van der Waals surface area contributed by atoms with E-state index in [1.165, 1.54) is 18.3 Å². The lowest BCUT2D eigenvalue weighted by Crippen LogP contribution is -2.11. The lowest BCUT2D eigenvalue weighted by atomic mass is 10.2. The number of sulfone groups is 1. The van der Waals surface area contributed by atoms with Crippen LogP contribution in [0, 0.1) is 0 Å². The molecule has 1 aromatic carbocycles. The van der Waals surface area contributed by atoms with Gasteiger partial charge in [0.25, 0.3) is 0 Å². The van der Waals surface area contributed by atoms with Crippen LogP contribution in [0.25, 0.3) is 0 Å². The first-order chi connectivity index (χ1) is 9.38. The lowest BCUT2D eigenvalue weighted by molar-refractivity contribution is 0.460. The fourth-order valence-electron chi connectivity index (χ4n) is 1.54. The van der Waals surface area contributed by atoms with Crippen molar-refractivity contribution in [3.8, 4) is 11.6 Å². The Labute approximate surface area is 122 Å². The third-order valence-electron chi connectivity index (χ3n) is 2.48. The number of hydrogen-bond donors (Lipinski definition) is 1. The number of aromatic nitrogens is 1. The van der Waals surface area contributed by atoms with E-state index in [0.717, 1.165) is 6.26 Å². The molecule has 0 fully saturated rings. The Morgan fingerprint density at radius 2 is 2.05 bits per heavy atom. The maximum absolute atomic E-state index is 11.5. The number of nitrogens with zero attached hydrogens (tertiary/aromatic N) is 1. The summed E-state index contributed by atoms with van der Waals surface area (Å²) in [5.41, 5.74) is 6.08. The highest BCUT2D eigenvalue weighted by Gasteiger charge is 2.11. The van der Waals surface area contributed by atoms with Gasteiger partial charge in [0.15, 0.2) is 9.84 Å². The normalized spacial score (nSPS) is 11.1. The van der Waals surface area contributed by atoms with E-state index >= 15 is 0 Å². The van der Waals surface area contributed by atoms with Crippen molar-refractivity contribution in [2.24, 2.45) is 5.73 Å². The van der Waals surface area contributed by atoms with E-state index in [4.69, 9.17) is 22.7 Å². The van der Waals surface area contributed by atoms with Crippen molar-refractivity contribution in [3.05, 3.63) is 48.2 Å². The van der Waals surface area contributed by atoms with Gasteiger partial charge in [0.1, 0.15) is 10.7 Å². The largest absolute Gasteiger partial charge is 0.438 e. The van der Waals surface area contributed by atoms with Gasteiger partial charge in [-0.15, -0.1) is 0 Å². The minimum absolute atomic E-state index is 0.160. The van der Waals surface area contributed by atoms with Crippen molar-refractivity contribution in [1.82, 2.24) is 4.98 Å². The van der Waals surface area contributed by atoms with Gasteiger partial charge in [0.05, 0.1) is 10.5 Å². The molecule has 0 radical (unpaired) electrons. The van der Waals surface area contributed by atoms with Crippen molar-refractivity contribution in [3.63, 3.8) is 0 Å². The number of thiocarbonyl (C=S) groups is 1. The first-order valence-corrected chi connectivity index (χ1v) is 7.90. The maximum atomic E-state index is 11.5. The molecule has 5 nitrogen and oxygen atoms in total. The van der Waals surface area contributed by atoms with Crippen molar-refractivity contribution in [2.75, 3.05) is 6.26 Å². The molecule has 0 saturated heterocycles. The Bertz CT molecular complexity index is 758. The van der Waals surface area contributed by atoms with E-state index < -0.39 is 9.84 Å². The predicted octanol–water partition coefficient (Wildman–Crippen LogP) is 1.91. The second kappa shape index (κ2) is 5.56. The Morgan fingerprint density at radius 1 is 1.30 bits per heavy atom. The summed E-state index contributed by atoms with van der Waals surface area (Å²) in [6.45, 7) is 0. The van der Waals surface area contributed by atoms with Gasteiger partial charge in [-0.05, 0) is 30.3 Å². The summed E-state index contributed by atoms with van der Waals surface area (Å²) in [4.78, 5) is 4.38. The van der Waals surface area contributed by atoms with Gasteiger partial charge in [0.2, 0.25) is 5.88 Å². The summed E-state index contributed by atoms with van der Waals surface area (Å²) in [5, 5.41) is 0. The lowest BCUT2D eigenvalue weighted by Gasteiger charge is -2.09. The Hall–Kier alpha value is -1.99. The molecule has 0 saturated carbocycles.